The van der Waals surface area contributed by atoms with Crippen LogP contribution in [0, 0.1) is 5.41 Å². The summed E-state index contributed by atoms with van der Waals surface area (Å²) in [5, 5.41) is 0. The second-order valence-electron chi connectivity index (χ2n) is 4.70. The minimum Gasteiger partial charge on any atom is -0.0991 e. The minimum absolute atomic E-state index is 0.273. The van der Waals surface area contributed by atoms with E-state index in [0.717, 1.165) is 0 Å². The Morgan fingerprint density at radius 2 is 1.69 bits per heavy atom. The van der Waals surface area contributed by atoms with E-state index < -0.39 is 0 Å². The van der Waals surface area contributed by atoms with Crippen molar-refractivity contribution in [1.82, 2.24) is 0 Å². The van der Waals surface area contributed by atoms with Gasteiger partial charge in [0.15, 0.2) is 0 Å². The first-order valence-corrected chi connectivity index (χ1v) is 6.45. The van der Waals surface area contributed by atoms with Crippen molar-refractivity contribution in [1.29, 1.82) is 0 Å². The van der Waals surface area contributed by atoms with Crippen LogP contribution in [-0.2, 0) is 0 Å². The van der Waals surface area contributed by atoms with Crippen LogP contribution in [0.2, 0.25) is 0 Å². The molecule has 0 spiro atoms. The van der Waals surface area contributed by atoms with Crippen LogP contribution < -0.4 is 0 Å². The molecule has 0 fully saturated rings. The molecular weight excluding hydrogens is 192 g/mol. The second-order valence-corrected chi connectivity index (χ2v) is 4.70. The third kappa shape index (κ3) is 8.52. The van der Waals surface area contributed by atoms with Crippen LogP contribution >= 0.6 is 0 Å². The monoisotopic (exact) mass is 222 g/mol. The van der Waals surface area contributed by atoms with Crippen molar-refractivity contribution in [2.75, 3.05) is 0 Å². The van der Waals surface area contributed by atoms with Gasteiger partial charge < -0.3 is 0 Å². The molecule has 0 aliphatic rings. The summed E-state index contributed by atoms with van der Waals surface area (Å²) < 4.78 is 0. The highest BCUT2D eigenvalue weighted by atomic mass is 14.2. The van der Waals surface area contributed by atoms with Crippen molar-refractivity contribution in [2.24, 2.45) is 5.41 Å². The van der Waals surface area contributed by atoms with Gasteiger partial charge in [-0.1, -0.05) is 78.3 Å². The molecule has 0 rings (SSSR count). The molecule has 0 aromatic carbocycles. The largest absolute Gasteiger partial charge is 0.0991 e. The van der Waals surface area contributed by atoms with E-state index in [9.17, 15) is 0 Å². The van der Waals surface area contributed by atoms with Crippen LogP contribution in [0.25, 0.3) is 0 Å². The van der Waals surface area contributed by atoms with Crippen molar-refractivity contribution in [3.63, 3.8) is 0 Å². The van der Waals surface area contributed by atoms with Gasteiger partial charge in [-0.3, -0.25) is 0 Å². The second kappa shape index (κ2) is 10.7. The molecule has 0 aliphatic heterocycles. The lowest BCUT2D eigenvalue weighted by atomic mass is 9.80. The normalized spacial score (nSPS) is 12.2. The standard InChI is InChI=1S/C13H22.C3H8/c1-6-9-12(10-7-2)13(4,5)11-8-3;1-3-2/h6-7,9-10H,1,8,11H2,2-5H3;3H2,1-2H3/b10-7-,12-9+;. The van der Waals surface area contributed by atoms with Gasteiger partial charge in [0.05, 0.1) is 0 Å². The maximum atomic E-state index is 3.75. The number of hydrogen-bond acceptors (Lipinski definition) is 0. The van der Waals surface area contributed by atoms with Crippen molar-refractivity contribution in [2.45, 2.75) is 60.8 Å². The topological polar surface area (TPSA) is 0 Å². The fourth-order valence-corrected chi connectivity index (χ4v) is 1.58. The Kier molecular flexibility index (Phi) is 11.8. The zero-order valence-corrected chi connectivity index (χ0v) is 12.1. The molecule has 0 radical (unpaired) electrons. The van der Waals surface area contributed by atoms with Crippen LogP contribution in [0.5, 0.6) is 0 Å². The zero-order chi connectivity index (χ0) is 13.0. The van der Waals surface area contributed by atoms with Gasteiger partial charge in [-0.05, 0) is 24.3 Å². The summed E-state index contributed by atoms with van der Waals surface area (Å²) in [6.45, 7) is 16.8. The molecule has 0 aromatic heterocycles. The highest BCUT2D eigenvalue weighted by Crippen LogP contribution is 2.32. The molecule has 0 aromatic rings. The summed E-state index contributed by atoms with van der Waals surface area (Å²) in [5.41, 5.74) is 1.64. The van der Waals surface area contributed by atoms with Gasteiger partial charge in [0.2, 0.25) is 0 Å². The van der Waals surface area contributed by atoms with E-state index in [2.05, 4.69) is 66.3 Å². The van der Waals surface area contributed by atoms with E-state index in [1.165, 1.54) is 24.8 Å². The number of allylic oxidation sites excluding steroid dienone is 5. The van der Waals surface area contributed by atoms with Crippen molar-refractivity contribution in [3.05, 3.63) is 36.5 Å². The summed E-state index contributed by atoms with van der Waals surface area (Å²) in [5.74, 6) is 0. The summed E-state index contributed by atoms with van der Waals surface area (Å²) in [6, 6.07) is 0. The van der Waals surface area contributed by atoms with E-state index in [1.807, 2.05) is 6.08 Å². The van der Waals surface area contributed by atoms with E-state index in [-0.39, 0.29) is 5.41 Å². The number of hydrogen-bond donors (Lipinski definition) is 0. The molecule has 0 unspecified atom stereocenters. The minimum atomic E-state index is 0.273. The molecule has 94 valence electrons. The summed E-state index contributed by atoms with van der Waals surface area (Å²) in [4.78, 5) is 0. The van der Waals surface area contributed by atoms with Crippen LogP contribution in [0.1, 0.15) is 60.8 Å². The predicted molar refractivity (Wildman–Crippen MR) is 77.7 cm³/mol. The molecule has 0 atom stereocenters. The molecule has 0 bridgehead atoms. The van der Waals surface area contributed by atoms with Crippen LogP contribution in [0.4, 0.5) is 0 Å². The maximum absolute atomic E-state index is 3.75. The molecule has 16 heavy (non-hydrogen) atoms. The van der Waals surface area contributed by atoms with Gasteiger partial charge in [-0.15, -0.1) is 0 Å². The van der Waals surface area contributed by atoms with Gasteiger partial charge in [0, 0.05) is 0 Å². The zero-order valence-electron chi connectivity index (χ0n) is 12.1. The highest BCUT2D eigenvalue weighted by molar-refractivity contribution is 5.28. The van der Waals surface area contributed by atoms with Gasteiger partial charge in [-0.2, -0.15) is 0 Å². The Balaban J connectivity index is 0. The third-order valence-corrected chi connectivity index (χ3v) is 2.30. The summed E-state index contributed by atoms with van der Waals surface area (Å²) in [6.07, 6.45) is 11.9. The molecule has 0 saturated carbocycles. The molecule has 0 heteroatoms. The Morgan fingerprint density at radius 3 is 2.00 bits per heavy atom. The van der Waals surface area contributed by atoms with Gasteiger partial charge in [0.25, 0.3) is 0 Å². The van der Waals surface area contributed by atoms with Crippen molar-refractivity contribution < 1.29 is 0 Å². The fourth-order valence-electron chi connectivity index (χ4n) is 1.58. The third-order valence-electron chi connectivity index (χ3n) is 2.30. The average molecular weight is 222 g/mol. The Labute approximate surface area is 103 Å². The van der Waals surface area contributed by atoms with Gasteiger partial charge in [0.1, 0.15) is 0 Å². The Morgan fingerprint density at radius 1 is 1.19 bits per heavy atom. The van der Waals surface area contributed by atoms with Gasteiger partial charge in [-0.25, -0.2) is 0 Å². The van der Waals surface area contributed by atoms with Gasteiger partial charge >= 0.3 is 0 Å². The lowest BCUT2D eigenvalue weighted by Gasteiger charge is -2.25. The lowest BCUT2D eigenvalue weighted by Crippen LogP contribution is -2.12. The first-order chi connectivity index (χ1) is 7.49. The smallest absolute Gasteiger partial charge is 0.0104 e. The quantitative estimate of drug-likeness (QED) is 0.507. The molecule has 0 N–H and O–H groups in total. The molecule has 0 nitrogen and oxygen atoms in total. The molecule has 0 saturated heterocycles. The van der Waals surface area contributed by atoms with Crippen molar-refractivity contribution >= 4 is 0 Å². The maximum Gasteiger partial charge on any atom is -0.0104 e. The first-order valence-electron chi connectivity index (χ1n) is 6.45. The SMILES string of the molecule is C=C/C=C(\C=C/C)C(C)(C)CCC.CCC. The first kappa shape index (κ1) is 17.6. The van der Waals surface area contributed by atoms with E-state index in [4.69, 9.17) is 0 Å². The van der Waals surface area contributed by atoms with Crippen LogP contribution in [-0.4, -0.2) is 0 Å². The van der Waals surface area contributed by atoms with Crippen LogP contribution in [0.3, 0.4) is 0 Å². The molecule has 0 aliphatic carbocycles. The molecule has 0 amide bonds. The average Bonchev–Trinajstić information content (AvgIpc) is 2.18. The summed E-state index contributed by atoms with van der Waals surface area (Å²) in [7, 11) is 0. The number of rotatable bonds is 5. The van der Waals surface area contributed by atoms with E-state index in [0.29, 0.717) is 0 Å². The summed E-state index contributed by atoms with van der Waals surface area (Å²) >= 11 is 0. The fraction of sp³-hybridized carbons (Fsp3) is 0.625. The molecule has 0 heterocycles. The Bertz CT molecular complexity index is 216. The molecular formula is C16H30. The van der Waals surface area contributed by atoms with Crippen molar-refractivity contribution in [3.8, 4) is 0 Å². The van der Waals surface area contributed by atoms with E-state index in [1.54, 1.807) is 0 Å². The lowest BCUT2D eigenvalue weighted by molar-refractivity contribution is 0.412. The van der Waals surface area contributed by atoms with Crippen LogP contribution in [0.15, 0.2) is 36.5 Å². The predicted octanol–water partition coefficient (Wildman–Crippen LogP) is 5.92. The Hall–Kier alpha value is -0.780. The highest BCUT2D eigenvalue weighted by Gasteiger charge is 2.19. The van der Waals surface area contributed by atoms with E-state index >= 15 is 0 Å².